The van der Waals surface area contributed by atoms with Crippen molar-refractivity contribution < 1.29 is 4.79 Å². The molecule has 1 aromatic rings. The molecule has 1 fully saturated rings. The normalized spacial score (nSPS) is 16.1. The highest BCUT2D eigenvalue weighted by Gasteiger charge is 2.18. The minimum absolute atomic E-state index is 0. The van der Waals surface area contributed by atoms with Gasteiger partial charge in [-0.1, -0.05) is 30.3 Å². The molecule has 0 spiro atoms. The molecule has 1 aromatic carbocycles. The van der Waals surface area contributed by atoms with Gasteiger partial charge in [-0.2, -0.15) is 0 Å². The first kappa shape index (κ1) is 26.2. The average molecular weight is 418 g/mol. The number of piperidine rings is 1. The van der Waals surface area contributed by atoms with Crippen LogP contribution in [0.4, 0.5) is 0 Å². The lowest BCUT2D eigenvalue weighted by Gasteiger charge is -2.32. The van der Waals surface area contributed by atoms with E-state index in [1.54, 1.807) is 0 Å². The van der Waals surface area contributed by atoms with Crippen LogP contribution in [0.1, 0.15) is 51.0 Å². The molecule has 1 aliphatic heterocycles. The van der Waals surface area contributed by atoms with E-state index in [4.69, 9.17) is 5.73 Å². The van der Waals surface area contributed by atoms with Crippen molar-refractivity contribution in [2.45, 2.75) is 57.9 Å². The largest absolute Gasteiger partial charge is 0.356 e. The summed E-state index contributed by atoms with van der Waals surface area (Å²) in [5, 5.41) is 3.00. The molecule has 0 bridgehead atoms. The third-order valence-electron chi connectivity index (χ3n) is 5.12. The highest BCUT2D eigenvalue weighted by molar-refractivity contribution is 5.85. The maximum atomic E-state index is 11.6. The number of halogens is 2. The van der Waals surface area contributed by atoms with Crippen LogP contribution in [-0.4, -0.2) is 43.0 Å². The van der Waals surface area contributed by atoms with Gasteiger partial charge in [0.05, 0.1) is 0 Å². The molecule has 1 amide bonds. The molecule has 0 radical (unpaired) electrons. The number of likely N-dealkylation sites (tertiary alicyclic amines) is 1. The van der Waals surface area contributed by atoms with Gasteiger partial charge >= 0.3 is 0 Å². The van der Waals surface area contributed by atoms with Crippen LogP contribution in [0, 0.1) is 5.92 Å². The second kappa shape index (κ2) is 15.2. The van der Waals surface area contributed by atoms with Crippen LogP contribution in [0.25, 0.3) is 0 Å². The van der Waals surface area contributed by atoms with Crippen molar-refractivity contribution in [2.24, 2.45) is 11.7 Å². The Balaban J connectivity index is 0.00000338. The van der Waals surface area contributed by atoms with Crippen molar-refractivity contribution in [2.75, 3.05) is 26.2 Å². The highest BCUT2D eigenvalue weighted by atomic mass is 35.5. The molecular weight excluding hydrogens is 381 g/mol. The van der Waals surface area contributed by atoms with E-state index in [2.05, 4.69) is 40.5 Å². The molecule has 1 heterocycles. The maximum absolute atomic E-state index is 11.6. The van der Waals surface area contributed by atoms with Crippen molar-refractivity contribution in [1.29, 1.82) is 0 Å². The predicted octanol–water partition coefficient (Wildman–Crippen LogP) is 3.81. The molecule has 156 valence electrons. The van der Waals surface area contributed by atoms with E-state index in [-0.39, 0.29) is 36.8 Å². The van der Waals surface area contributed by atoms with Crippen molar-refractivity contribution in [3.63, 3.8) is 0 Å². The zero-order valence-electron chi connectivity index (χ0n) is 16.6. The molecular formula is C21H37Cl2N3O. The molecule has 1 atom stereocenters. The minimum Gasteiger partial charge on any atom is -0.356 e. The van der Waals surface area contributed by atoms with Crippen molar-refractivity contribution in [3.8, 4) is 0 Å². The second-order valence-electron chi connectivity index (χ2n) is 7.55. The van der Waals surface area contributed by atoms with Crippen LogP contribution < -0.4 is 11.1 Å². The Hall–Kier alpha value is -0.810. The summed E-state index contributed by atoms with van der Waals surface area (Å²) in [7, 11) is 0. The molecule has 3 N–H and O–H groups in total. The van der Waals surface area contributed by atoms with Gasteiger partial charge in [-0.25, -0.2) is 0 Å². The van der Waals surface area contributed by atoms with E-state index >= 15 is 0 Å². The fourth-order valence-electron chi connectivity index (χ4n) is 3.50. The molecule has 0 aliphatic carbocycles. The lowest BCUT2D eigenvalue weighted by Crippen LogP contribution is -2.35. The topological polar surface area (TPSA) is 58.4 Å². The first-order chi connectivity index (χ1) is 12.1. The average Bonchev–Trinajstić information content (AvgIpc) is 2.62. The number of hydrogen-bond donors (Lipinski definition) is 2. The lowest BCUT2D eigenvalue weighted by molar-refractivity contribution is -0.121. The SMILES string of the molecule is CC(N)CCC(=O)NCCCCN1CCC(Cc2ccccc2)CC1.Cl.Cl. The fourth-order valence-corrected chi connectivity index (χ4v) is 3.50. The lowest BCUT2D eigenvalue weighted by atomic mass is 9.90. The molecule has 0 aromatic heterocycles. The van der Waals surface area contributed by atoms with Crippen molar-refractivity contribution in [1.82, 2.24) is 10.2 Å². The predicted molar refractivity (Wildman–Crippen MR) is 119 cm³/mol. The van der Waals surface area contributed by atoms with Crippen LogP contribution in [0.3, 0.4) is 0 Å². The van der Waals surface area contributed by atoms with Crippen LogP contribution in [0.15, 0.2) is 30.3 Å². The van der Waals surface area contributed by atoms with Crippen LogP contribution in [0.2, 0.25) is 0 Å². The summed E-state index contributed by atoms with van der Waals surface area (Å²) >= 11 is 0. The summed E-state index contributed by atoms with van der Waals surface area (Å²) in [5.41, 5.74) is 7.14. The molecule has 1 aliphatic rings. The zero-order chi connectivity index (χ0) is 17.9. The number of unbranched alkanes of at least 4 members (excludes halogenated alkanes) is 1. The Morgan fingerprint density at radius 3 is 2.48 bits per heavy atom. The number of carbonyl (C=O) groups excluding carboxylic acids is 1. The molecule has 0 saturated carbocycles. The summed E-state index contributed by atoms with van der Waals surface area (Å²) in [6.45, 7) is 6.34. The summed E-state index contributed by atoms with van der Waals surface area (Å²) in [6.07, 6.45) is 7.38. The number of nitrogens with two attached hydrogens (primary N) is 1. The van der Waals surface area contributed by atoms with Crippen molar-refractivity contribution in [3.05, 3.63) is 35.9 Å². The zero-order valence-corrected chi connectivity index (χ0v) is 18.2. The van der Waals surface area contributed by atoms with Crippen LogP contribution in [-0.2, 0) is 11.2 Å². The van der Waals surface area contributed by atoms with Crippen molar-refractivity contribution >= 4 is 30.7 Å². The summed E-state index contributed by atoms with van der Waals surface area (Å²) in [6, 6.07) is 11.0. The van der Waals surface area contributed by atoms with Gasteiger partial charge in [0.15, 0.2) is 0 Å². The Bertz CT molecular complexity index is 491. The molecule has 4 nitrogen and oxygen atoms in total. The Morgan fingerprint density at radius 1 is 1.19 bits per heavy atom. The van der Waals surface area contributed by atoms with E-state index < -0.39 is 0 Å². The Labute approximate surface area is 177 Å². The second-order valence-corrected chi connectivity index (χ2v) is 7.55. The highest BCUT2D eigenvalue weighted by Crippen LogP contribution is 2.21. The Kier molecular flexibility index (Phi) is 14.7. The van der Waals surface area contributed by atoms with Gasteiger partial charge in [-0.15, -0.1) is 24.8 Å². The third kappa shape index (κ3) is 11.6. The number of amides is 1. The number of rotatable bonds is 10. The van der Waals surface area contributed by atoms with Gasteiger partial charge in [-0.05, 0) is 76.6 Å². The first-order valence-corrected chi connectivity index (χ1v) is 9.92. The molecule has 1 unspecified atom stereocenters. The molecule has 1 saturated heterocycles. The molecule has 6 heteroatoms. The van der Waals surface area contributed by atoms with E-state index in [0.29, 0.717) is 6.42 Å². The third-order valence-corrected chi connectivity index (χ3v) is 5.12. The number of nitrogens with one attached hydrogen (secondary N) is 1. The van der Waals surface area contributed by atoms with Crippen LogP contribution in [0.5, 0.6) is 0 Å². The first-order valence-electron chi connectivity index (χ1n) is 9.92. The van der Waals surface area contributed by atoms with Crippen LogP contribution >= 0.6 is 24.8 Å². The monoisotopic (exact) mass is 417 g/mol. The molecule has 2 rings (SSSR count). The van der Waals surface area contributed by atoms with Gasteiger partial charge in [0.1, 0.15) is 0 Å². The quantitative estimate of drug-likeness (QED) is 0.568. The van der Waals surface area contributed by atoms with E-state index in [1.165, 1.54) is 37.9 Å². The number of benzene rings is 1. The Morgan fingerprint density at radius 2 is 1.85 bits per heavy atom. The van der Waals surface area contributed by atoms with Gasteiger partial charge < -0.3 is 16.0 Å². The number of hydrogen-bond acceptors (Lipinski definition) is 3. The summed E-state index contributed by atoms with van der Waals surface area (Å²) in [5.74, 6) is 0.974. The van der Waals surface area contributed by atoms with Gasteiger partial charge in [-0.3, -0.25) is 4.79 Å². The van der Waals surface area contributed by atoms with E-state index in [9.17, 15) is 4.79 Å². The van der Waals surface area contributed by atoms with E-state index in [1.807, 2.05) is 6.92 Å². The standard InChI is InChI=1S/C21H35N3O.2ClH/c1-18(22)9-10-21(25)23-13-5-6-14-24-15-11-20(12-16-24)17-19-7-3-2-4-8-19;;/h2-4,7-8,18,20H,5-6,9-17,22H2,1H3,(H,23,25);2*1H. The minimum atomic E-state index is 0. The van der Waals surface area contributed by atoms with Gasteiger partial charge in [0.2, 0.25) is 5.91 Å². The van der Waals surface area contributed by atoms with Gasteiger partial charge in [0, 0.05) is 19.0 Å². The van der Waals surface area contributed by atoms with Gasteiger partial charge in [0.25, 0.3) is 0 Å². The summed E-state index contributed by atoms with van der Waals surface area (Å²) < 4.78 is 0. The van der Waals surface area contributed by atoms with E-state index in [0.717, 1.165) is 38.3 Å². The summed E-state index contributed by atoms with van der Waals surface area (Å²) in [4.78, 5) is 14.2. The molecule has 27 heavy (non-hydrogen) atoms. The smallest absolute Gasteiger partial charge is 0.220 e. The fraction of sp³-hybridized carbons (Fsp3) is 0.667. The number of nitrogens with zero attached hydrogens (tertiary/aromatic N) is 1. The number of carbonyl (C=O) groups is 1. The maximum Gasteiger partial charge on any atom is 0.220 e.